The standard InChI is InChI=1S/C11H21N3O2/c15-8-7-13-4-1-10(2-5-13)14-6-3-12-9-11(14)16/h10,12,15H,1-9H2. The lowest BCUT2D eigenvalue weighted by atomic mass is 10.0. The van der Waals surface area contributed by atoms with Crippen molar-refractivity contribution in [2.24, 2.45) is 0 Å². The Hall–Kier alpha value is -0.650. The second-order valence-electron chi connectivity index (χ2n) is 4.56. The van der Waals surface area contributed by atoms with Crippen molar-refractivity contribution < 1.29 is 9.90 Å². The topological polar surface area (TPSA) is 55.8 Å². The zero-order valence-electron chi connectivity index (χ0n) is 9.69. The van der Waals surface area contributed by atoms with Crippen molar-refractivity contribution in [2.45, 2.75) is 18.9 Å². The van der Waals surface area contributed by atoms with Crippen LogP contribution < -0.4 is 5.32 Å². The van der Waals surface area contributed by atoms with Gasteiger partial charge in [-0.15, -0.1) is 0 Å². The Balaban J connectivity index is 1.81. The van der Waals surface area contributed by atoms with Crippen LogP contribution in [-0.2, 0) is 4.79 Å². The van der Waals surface area contributed by atoms with E-state index < -0.39 is 0 Å². The van der Waals surface area contributed by atoms with Crippen LogP contribution in [-0.4, -0.2) is 72.7 Å². The van der Waals surface area contributed by atoms with Gasteiger partial charge in [-0.1, -0.05) is 0 Å². The molecule has 2 heterocycles. The van der Waals surface area contributed by atoms with Crippen LogP contribution in [0.15, 0.2) is 0 Å². The molecule has 0 saturated carbocycles. The molecular weight excluding hydrogens is 206 g/mol. The van der Waals surface area contributed by atoms with Gasteiger partial charge >= 0.3 is 0 Å². The monoisotopic (exact) mass is 227 g/mol. The lowest BCUT2D eigenvalue weighted by molar-refractivity contribution is -0.135. The molecule has 5 nitrogen and oxygen atoms in total. The lowest BCUT2D eigenvalue weighted by Crippen LogP contribution is -2.55. The van der Waals surface area contributed by atoms with Gasteiger partial charge in [-0.3, -0.25) is 4.79 Å². The number of hydrogen-bond acceptors (Lipinski definition) is 4. The maximum absolute atomic E-state index is 11.7. The van der Waals surface area contributed by atoms with E-state index in [0.717, 1.165) is 45.6 Å². The van der Waals surface area contributed by atoms with E-state index >= 15 is 0 Å². The number of carbonyl (C=O) groups excluding carboxylic acids is 1. The zero-order valence-corrected chi connectivity index (χ0v) is 9.69. The molecule has 1 amide bonds. The molecule has 16 heavy (non-hydrogen) atoms. The molecule has 0 radical (unpaired) electrons. The fourth-order valence-corrected chi connectivity index (χ4v) is 2.60. The van der Waals surface area contributed by atoms with Crippen LogP contribution in [0.25, 0.3) is 0 Å². The van der Waals surface area contributed by atoms with Crippen LogP contribution in [0.2, 0.25) is 0 Å². The third-order valence-corrected chi connectivity index (χ3v) is 3.54. The van der Waals surface area contributed by atoms with Crippen LogP contribution in [0.3, 0.4) is 0 Å². The summed E-state index contributed by atoms with van der Waals surface area (Å²) in [6.45, 7) is 5.27. The molecule has 0 spiro atoms. The van der Waals surface area contributed by atoms with E-state index in [1.807, 2.05) is 4.90 Å². The van der Waals surface area contributed by atoms with E-state index in [1.165, 1.54) is 0 Å². The minimum absolute atomic E-state index is 0.233. The number of hydrogen-bond donors (Lipinski definition) is 2. The molecule has 0 aromatic rings. The summed E-state index contributed by atoms with van der Waals surface area (Å²) in [5.41, 5.74) is 0. The fraction of sp³-hybridized carbons (Fsp3) is 0.909. The van der Waals surface area contributed by atoms with Gasteiger partial charge in [-0.25, -0.2) is 0 Å². The molecule has 2 N–H and O–H groups in total. The summed E-state index contributed by atoms with van der Waals surface area (Å²) >= 11 is 0. The number of aliphatic hydroxyl groups excluding tert-OH is 1. The highest BCUT2D eigenvalue weighted by molar-refractivity contribution is 5.79. The van der Waals surface area contributed by atoms with Gasteiger partial charge in [0.1, 0.15) is 0 Å². The van der Waals surface area contributed by atoms with Crippen LogP contribution in [0.1, 0.15) is 12.8 Å². The molecule has 0 atom stereocenters. The van der Waals surface area contributed by atoms with E-state index in [4.69, 9.17) is 5.11 Å². The number of aliphatic hydroxyl groups is 1. The van der Waals surface area contributed by atoms with Crippen molar-refractivity contribution in [3.8, 4) is 0 Å². The minimum atomic E-state index is 0.233. The van der Waals surface area contributed by atoms with E-state index in [-0.39, 0.29) is 12.5 Å². The first-order valence-electron chi connectivity index (χ1n) is 6.14. The van der Waals surface area contributed by atoms with E-state index in [1.54, 1.807) is 0 Å². The molecule has 92 valence electrons. The van der Waals surface area contributed by atoms with Gasteiger partial charge in [0.2, 0.25) is 5.91 Å². The van der Waals surface area contributed by atoms with Gasteiger partial charge in [0.15, 0.2) is 0 Å². The predicted octanol–water partition coefficient (Wildman–Crippen LogP) is -1.13. The summed E-state index contributed by atoms with van der Waals surface area (Å²) in [7, 11) is 0. The van der Waals surface area contributed by atoms with Crippen LogP contribution in [0.4, 0.5) is 0 Å². The molecule has 0 bridgehead atoms. The summed E-state index contributed by atoms with van der Waals surface area (Å²) in [4.78, 5) is 16.0. The summed E-state index contributed by atoms with van der Waals surface area (Å²) in [5, 5.41) is 12.0. The first-order valence-corrected chi connectivity index (χ1v) is 6.14. The maximum Gasteiger partial charge on any atom is 0.236 e. The molecule has 0 aliphatic carbocycles. The van der Waals surface area contributed by atoms with Gasteiger partial charge in [0.05, 0.1) is 13.2 Å². The zero-order chi connectivity index (χ0) is 11.4. The van der Waals surface area contributed by atoms with Gasteiger partial charge in [-0.05, 0) is 12.8 Å². The summed E-state index contributed by atoms with van der Waals surface area (Å²) in [6, 6.07) is 0.421. The number of piperidine rings is 1. The van der Waals surface area contributed by atoms with Crippen molar-refractivity contribution in [1.82, 2.24) is 15.1 Å². The van der Waals surface area contributed by atoms with Crippen LogP contribution in [0, 0.1) is 0 Å². The molecule has 2 aliphatic heterocycles. The number of nitrogens with one attached hydrogen (secondary N) is 1. The molecule has 2 aliphatic rings. The Labute approximate surface area is 96.4 Å². The van der Waals surface area contributed by atoms with Crippen molar-refractivity contribution in [1.29, 1.82) is 0 Å². The molecule has 2 fully saturated rings. The lowest BCUT2D eigenvalue weighted by Gasteiger charge is -2.40. The third kappa shape index (κ3) is 2.72. The number of amides is 1. The SMILES string of the molecule is O=C1CNCCN1C1CCN(CCO)CC1. The smallest absolute Gasteiger partial charge is 0.236 e. The Bertz CT molecular complexity index is 239. The molecule has 0 unspecified atom stereocenters. The van der Waals surface area contributed by atoms with Gasteiger partial charge in [0, 0.05) is 38.8 Å². The highest BCUT2D eigenvalue weighted by Crippen LogP contribution is 2.17. The number of β-amino-alcohol motifs (C(OH)–C–C–N with tert-alkyl or cyclic N) is 1. The summed E-state index contributed by atoms with van der Waals surface area (Å²) in [6.07, 6.45) is 2.09. The molecule has 0 aromatic carbocycles. The predicted molar refractivity (Wildman–Crippen MR) is 61.1 cm³/mol. The Morgan fingerprint density at radius 1 is 1.31 bits per heavy atom. The highest BCUT2D eigenvalue weighted by Gasteiger charge is 2.28. The first-order chi connectivity index (χ1) is 7.81. The van der Waals surface area contributed by atoms with Gasteiger partial charge in [-0.2, -0.15) is 0 Å². The number of rotatable bonds is 3. The second-order valence-corrected chi connectivity index (χ2v) is 4.56. The van der Waals surface area contributed by atoms with Gasteiger partial charge < -0.3 is 20.2 Å². The number of carbonyl (C=O) groups is 1. The van der Waals surface area contributed by atoms with Crippen LogP contribution >= 0.6 is 0 Å². The van der Waals surface area contributed by atoms with E-state index in [2.05, 4.69) is 10.2 Å². The molecule has 5 heteroatoms. The van der Waals surface area contributed by atoms with Crippen molar-refractivity contribution in [3.63, 3.8) is 0 Å². The largest absolute Gasteiger partial charge is 0.395 e. The van der Waals surface area contributed by atoms with Gasteiger partial charge in [0.25, 0.3) is 0 Å². The number of likely N-dealkylation sites (tertiary alicyclic amines) is 1. The third-order valence-electron chi connectivity index (χ3n) is 3.54. The van der Waals surface area contributed by atoms with Crippen molar-refractivity contribution >= 4 is 5.91 Å². The van der Waals surface area contributed by atoms with E-state index in [0.29, 0.717) is 12.6 Å². The number of piperazine rings is 1. The Kier molecular flexibility index (Phi) is 4.15. The minimum Gasteiger partial charge on any atom is -0.395 e. The van der Waals surface area contributed by atoms with Crippen molar-refractivity contribution in [3.05, 3.63) is 0 Å². The van der Waals surface area contributed by atoms with Crippen molar-refractivity contribution in [2.75, 3.05) is 45.9 Å². The maximum atomic E-state index is 11.7. The Morgan fingerprint density at radius 3 is 2.69 bits per heavy atom. The van der Waals surface area contributed by atoms with Crippen LogP contribution in [0.5, 0.6) is 0 Å². The fourth-order valence-electron chi connectivity index (χ4n) is 2.60. The average molecular weight is 227 g/mol. The summed E-state index contributed by atoms with van der Waals surface area (Å²) in [5.74, 6) is 0.242. The number of nitrogens with zero attached hydrogens (tertiary/aromatic N) is 2. The van der Waals surface area contributed by atoms with E-state index in [9.17, 15) is 4.79 Å². The molecule has 0 aromatic heterocycles. The highest BCUT2D eigenvalue weighted by atomic mass is 16.3. The quantitative estimate of drug-likeness (QED) is 0.641. The normalized spacial score (nSPS) is 25.1. The molecular formula is C11H21N3O2. The molecule has 2 saturated heterocycles. The first kappa shape index (κ1) is 11.8. The Morgan fingerprint density at radius 2 is 2.06 bits per heavy atom. The summed E-state index contributed by atoms with van der Waals surface area (Å²) < 4.78 is 0. The molecule has 2 rings (SSSR count). The second kappa shape index (κ2) is 5.61. The average Bonchev–Trinajstić information content (AvgIpc) is 2.31.